The van der Waals surface area contributed by atoms with Crippen LogP contribution >= 0.6 is 0 Å². The second-order valence-corrected chi connectivity index (χ2v) is 2.56. The lowest BCUT2D eigenvalue weighted by Gasteiger charge is -2.04. The van der Waals surface area contributed by atoms with Crippen LogP contribution in [0.3, 0.4) is 0 Å². The maximum atomic E-state index is 4.22. The third kappa shape index (κ3) is 1.42. The van der Waals surface area contributed by atoms with Crippen LogP contribution in [0.15, 0.2) is 13.2 Å². The predicted molar refractivity (Wildman–Crippen MR) is 51.7 cm³/mol. The number of rotatable bonds is 2. The Hall–Kier alpha value is -1.44. The Labute approximate surface area is 72.7 Å². The SMILES string of the molecule is C=Cc1nc(C)nc(C)c1C=C. The maximum absolute atomic E-state index is 4.22. The van der Waals surface area contributed by atoms with Crippen molar-refractivity contribution < 1.29 is 0 Å². The first kappa shape index (κ1) is 8.65. The van der Waals surface area contributed by atoms with E-state index >= 15 is 0 Å². The molecule has 0 unspecified atom stereocenters. The molecule has 0 aliphatic carbocycles. The zero-order chi connectivity index (χ0) is 9.14. The molecule has 0 aliphatic rings. The van der Waals surface area contributed by atoms with E-state index in [4.69, 9.17) is 0 Å². The summed E-state index contributed by atoms with van der Waals surface area (Å²) in [5, 5.41) is 0. The molecule has 12 heavy (non-hydrogen) atoms. The predicted octanol–water partition coefficient (Wildman–Crippen LogP) is 2.38. The van der Waals surface area contributed by atoms with Crippen molar-refractivity contribution in [1.82, 2.24) is 9.97 Å². The summed E-state index contributed by atoms with van der Waals surface area (Å²) in [6, 6.07) is 0. The van der Waals surface area contributed by atoms with Gasteiger partial charge < -0.3 is 0 Å². The first-order chi connectivity index (χ1) is 5.69. The molecule has 0 spiro atoms. The molecule has 0 N–H and O–H groups in total. The molecule has 1 aromatic rings. The fraction of sp³-hybridized carbons (Fsp3) is 0.200. The summed E-state index contributed by atoms with van der Waals surface area (Å²) < 4.78 is 0. The summed E-state index contributed by atoms with van der Waals surface area (Å²) >= 11 is 0. The van der Waals surface area contributed by atoms with E-state index < -0.39 is 0 Å². The van der Waals surface area contributed by atoms with Gasteiger partial charge in [0.05, 0.1) is 5.69 Å². The smallest absolute Gasteiger partial charge is 0.126 e. The first-order valence-electron chi connectivity index (χ1n) is 3.79. The highest BCUT2D eigenvalue weighted by atomic mass is 14.9. The van der Waals surface area contributed by atoms with Gasteiger partial charge in [-0.1, -0.05) is 19.2 Å². The standard InChI is InChI=1S/C10H12N2/c1-5-9-7(3)11-8(4)12-10(9)6-2/h5-6H,1-2H2,3-4H3. The van der Waals surface area contributed by atoms with Gasteiger partial charge in [-0.15, -0.1) is 0 Å². The van der Waals surface area contributed by atoms with Crippen molar-refractivity contribution in [3.63, 3.8) is 0 Å². The van der Waals surface area contributed by atoms with Crippen LogP contribution in [0.25, 0.3) is 12.2 Å². The second-order valence-electron chi connectivity index (χ2n) is 2.56. The molecule has 0 aromatic carbocycles. The van der Waals surface area contributed by atoms with Gasteiger partial charge in [-0.05, 0) is 19.9 Å². The molecule has 0 amide bonds. The minimum absolute atomic E-state index is 0.771. The highest BCUT2D eigenvalue weighted by Gasteiger charge is 2.02. The topological polar surface area (TPSA) is 25.8 Å². The van der Waals surface area contributed by atoms with Crippen LogP contribution in [-0.2, 0) is 0 Å². The molecule has 0 fully saturated rings. The van der Waals surface area contributed by atoms with Gasteiger partial charge >= 0.3 is 0 Å². The monoisotopic (exact) mass is 160 g/mol. The largest absolute Gasteiger partial charge is 0.238 e. The van der Waals surface area contributed by atoms with E-state index in [0.717, 1.165) is 22.8 Å². The fourth-order valence-electron chi connectivity index (χ4n) is 1.16. The molecule has 0 saturated carbocycles. The van der Waals surface area contributed by atoms with Gasteiger partial charge in [0.25, 0.3) is 0 Å². The third-order valence-corrected chi connectivity index (χ3v) is 1.67. The molecule has 0 radical (unpaired) electrons. The molecule has 2 nitrogen and oxygen atoms in total. The van der Waals surface area contributed by atoms with E-state index in [-0.39, 0.29) is 0 Å². The maximum Gasteiger partial charge on any atom is 0.126 e. The Bertz CT molecular complexity index is 327. The van der Waals surface area contributed by atoms with Crippen molar-refractivity contribution in [2.75, 3.05) is 0 Å². The number of hydrogen-bond acceptors (Lipinski definition) is 2. The van der Waals surface area contributed by atoms with Gasteiger partial charge in [-0.25, -0.2) is 9.97 Å². The van der Waals surface area contributed by atoms with Crippen LogP contribution in [0.4, 0.5) is 0 Å². The van der Waals surface area contributed by atoms with Gasteiger partial charge in [-0.3, -0.25) is 0 Å². The normalized spacial score (nSPS) is 9.50. The molecule has 62 valence electrons. The molecule has 2 heteroatoms. The van der Waals surface area contributed by atoms with Crippen LogP contribution in [-0.4, -0.2) is 9.97 Å². The number of aryl methyl sites for hydroxylation is 2. The highest BCUT2D eigenvalue weighted by molar-refractivity contribution is 5.61. The Morgan fingerprint density at radius 2 is 1.75 bits per heavy atom. The third-order valence-electron chi connectivity index (χ3n) is 1.67. The van der Waals surface area contributed by atoms with Gasteiger partial charge in [0.1, 0.15) is 5.82 Å². The van der Waals surface area contributed by atoms with E-state index in [9.17, 15) is 0 Å². The number of nitrogens with zero attached hydrogens (tertiary/aromatic N) is 2. The molecular formula is C10H12N2. The summed E-state index contributed by atoms with van der Waals surface area (Å²) in [5.41, 5.74) is 2.78. The highest BCUT2D eigenvalue weighted by Crippen LogP contribution is 2.12. The van der Waals surface area contributed by atoms with E-state index in [2.05, 4.69) is 23.1 Å². The van der Waals surface area contributed by atoms with Gasteiger partial charge in [0, 0.05) is 11.3 Å². The van der Waals surface area contributed by atoms with Crippen molar-refractivity contribution >= 4 is 12.2 Å². The van der Waals surface area contributed by atoms with Crippen LogP contribution in [0.5, 0.6) is 0 Å². The lowest BCUT2D eigenvalue weighted by molar-refractivity contribution is 0.995. The van der Waals surface area contributed by atoms with E-state index in [1.54, 1.807) is 12.2 Å². The Balaban J connectivity index is 3.43. The summed E-state index contributed by atoms with van der Waals surface area (Å²) in [7, 11) is 0. The summed E-state index contributed by atoms with van der Waals surface area (Å²) in [4.78, 5) is 8.45. The van der Waals surface area contributed by atoms with Gasteiger partial charge in [-0.2, -0.15) is 0 Å². The zero-order valence-corrected chi connectivity index (χ0v) is 7.46. The second kappa shape index (κ2) is 3.30. The van der Waals surface area contributed by atoms with Crippen LogP contribution in [0.1, 0.15) is 22.8 Å². The molecule has 1 aromatic heterocycles. The Kier molecular flexibility index (Phi) is 2.38. The van der Waals surface area contributed by atoms with E-state index in [1.165, 1.54) is 0 Å². The van der Waals surface area contributed by atoms with Gasteiger partial charge in [0.2, 0.25) is 0 Å². The molecule has 1 heterocycles. The molecule has 0 aliphatic heterocycles. The Morgan fingerprint density at radius 3 is 2.25 bits per heavy atom. The van der Waals surface area contributed by atoms with E-state index in [1.807, 2.05) is 13.8 Å². The molecule has 1 rings (SSSR count). The van der Waals surface area contributed by atoms with E-state index in [0.29, 0.717) is 0 Å². The van der Waals surface area contributed by atoms with Crippen molar-refractivity contribution in [3.05, 3.63) is 35.9 Å². The van der Waals surface area contributed by atoms with Crippen LogP contribution in [0.2, 0.25) is 0 Å². The fourth-order valence-corrected chi connectivity index (χ4v) is 1.16. The average Bonchev–Trinajstić information content (AvgIpc) is 2.03. The van der Waals surface area contributed by atoms with Crippen molar-refractivity contribution in [2.45, 2.75) is 13.8 Å². The average molecular weight is 160 g/mol. The molecule has 0 saturated heterocycles. The molecule has 0 bridgehead atoms. The number of aromatic nitrogens is 2. The first-order valence-corrected chi connectivity index (χ1v) is 3.79. The zero-order valence-electron chi connectivity index (χ0n) is 7.46. The molecular weight excluding hydrogens is 148 g/mol. The number of hydrogen-bond donors (Lipinski definition) is 0. The summed E-state index contributed by atoms with van der Waals surface area (Å²) in [6.07, 6.45) is 3.48. The minimum atomic E-state index is 0.771. The van der Waals surface area contributed by atoms with Crippen LogP contribution in [0, 0.1) is 13.8 Å². The van der Waals surface area contributed by atoms with Crippen molar-refractivity contribution in [2.24, 2.45) is 0 Å². The Morgan fingerprint density at radius 1 is 1.08 bits per heavy atom. The molecule has 0 atom stereocenters. The van der Waals surface area contributed by atoms with Crippen molar-refractivity contribution in [3.8, 4) is 0 Å². The summed E-state index contributed by atoms with van der Waals surface area (Å²) in [5.74, 6) is 0.771. The van der Waals surface area contributed by atoms with Crippen molar-refractivity contribution in [1.29, 1.82) is 0 Å². The minimum Gasteiger partial charge on any atom is -0.238 e. The summed E-state index contributed by atoms with van der Waals surface area (Å²) in [6.45, 7) is 11.2. The van der Waals surface area contributed by atoms with Crippen LogP contribution < -0.4 is 0 Å². The lowest BCUT2D eigenvalue weighted by Crippen LogP contribution is -1.98. The quantitative estimate of drug-likeness (QED) is 0.663. The van der Waals surface area contributed by atoms with Gasteiger partial charge in [0.15, 0.2) is 0 Å². The lowest BCUT2D eigenvalue weighted by atomic mass is 10.1.